The molecule has 3 rings (SSSR count). The summed E-state index contributed by atoms with van der Waals surface area (Å²) in [7, 11) is 0. The Hall–Kier alpha value is -1.53. The van der Waals surface area contributed by atoms with Crippen LogP contribution >= 0.6 is 11.6 Å². The molecule has 0 heterocycles. The van der Waals surface area contributed by atoms with Crippen LogP contribution in [-0.2, 0) is 0 Å². The molecule has 0 radical (unpaired) electrons. The molecule has 0 aliphatic heterocycles. The van der Waals surface area contributed by atoms with Crippen LogP contribution in [0.25, 0.3) is 0 Å². The molecule has 0 spiro atoms. The number of benzene rings is 1. The van der Waals surface area contributed by atoms with Gasteiger partial charge in [0.25, 0.3) is 0 Å². The molecule has 2 aliphatic carbocycles. The highest BCUT2D eigenvalue weighted by molar-refractivity contribution is 6.25. The summed E-state index contributed by atoms with van der Waals surface area (Å²) in [6.45, 7) is 2.15. The second-order valence-electron chi connectivity index (χ2n) is 8.07. The SMILES string of the molecule is CCOc1cc(F)c(C#CC2CCC(C3CCC(/C=C/Cl)CC3)CC2)c(F)c1. The number of allylic oxidation sites excluding steroid dienone is 1. The maximum Gasteiger partial charge on any atom is 0.145 e. The minimum Gasteiger partial charge on any atom is -0.494 e. The topological polar surface area (TPSA) is 9.23 Å². The van der Waals surface area contributed by atoms with Gasteiger partial charge in [-0.2, -0.15) is 0 Å². The Kier molecular flexibility index (Phi) is 7.80. The van der Waals surface area contributed by atoms with Crippen molar-refractivity contribution in [3.8, 4) is 17.6 Å². The van der Waals surface area contributed by atoms with Crippen molar-refractivity contribution in [2.75, 3.05) is 6.61 Å². The van der Waals surface area contributed by atoms with Gasteiger partial charge in [0.15, 0.2) is 0 Å². The third-order valence-electron chi connectivity index (χ3n) is 6.33. The Morgan fingerprint density at radius 2 is 1.57 bits per heavy atom. The van der Waals surface area contributed by atoms with Crippen LogP contribution in [0, 0.1) is 47.1 Å². The van der Waals surface area contributed by atoms with E-state index in [0.29, 0.717) is 12.5 Å². The van der Waals surface area contributed by atoms with Crippen LogP contribution in [0.5, 0.6) is 5.75 Å². The van der Waals surface area contributed by atoms with Gasteiger partial charge in [0, 0.05) is 23.6 Å². The Morgan fingerprint density at radius 1 is 1.00 bits per heavy atom. The number of hydrogen-bond acceptors (Lipinski definition) is 1. The van der Waals surface area contributed by atoms with Crippen LogP contribution in [-0.4, -0.2) is 6.61 Å². The number of ether oxygens (including phenoxy) is 1. The monoisotopic (exact) mass is 406 g/mol. The molecule has 0 unspecified atom stereocenters. The molecule has 0 aromatic heterocycles. The summed E-state index contributed by atoms with van der Waals surface area (Å²) >= 11 is 5.70. The Balaban J connectivity index is 1.53. The number of rotatable bonds is 4. The van der Waals surface area contributed by atoms with E-state index in [2.05, 4.69) is 17.9 Å². The average molecular weight is 407 g/mol. The molecule has 2 fully saturated rings. The van der Waals surface area contributed by atoms with E-state index in [1.807, 2.05) is 0 Å². The maximum atomic E-state index is 14.1. The van der Waals surface area contributed by atoms with Crippen molar-refractivity contribution in [3.63, 3.8) is 0 Å². The quantitative estimate of drug-likeness (QED) is 0.485. The molecule has 0 N–H and O–H groups in total. The highest BCUT2D eigenvalue weighted by Gasteiger charge is 2.29. The maximum absolute atomic E-state index is 14.1. The molecule has 0 atom stereocenters. The Bertz CT molecular complexity index is 710. The zero-order chi connectivity index (χ0) is 19.9. The minimum atomic E-state index is -0.646. The van der Waals surface area contributed by atoms with Crippen molar-refractivity contribution >= 4 is 11.6 Å². The molecule has 0 saturated heterocycles. The van der Waals surface area contributed by atoms with Crippen molar-refractivity contribution in [1.29, 1.82) is 0 Å². The lowest BCUT2D eigenvalue weighted by molar-refractivity contribution is 0.168. The first kappa shape index (κ1) is 21.2. The number of hydrogen-bond donors (Lipinski definition) is 0. The smallest absolute Gasteiger partial charge is 0.145 e. The van der Waals surface area contributed by atoms with Crippen molar-refractivity contribution < 1.29 is 13.5 Å². The van der Waals surface area contributed by atoms with E-state index < -0.39 is 11.6 Å². The van der Waals surface area contributed by atoms with Gasteiger partial charge in [0.1, 0.15) is 17.4 Å². The van der Waals surface area contributed by atoms with Gasteiger partial charge >= 0.3 is 0 Å². The van der Waals surface area contributed by atoms with Gasteiger partial charge in [-0.1, -0.05) is 29.5 Å². The van der Waals surface area contributed by atoms with Crippen LogP contribution in [0.15, 0.2) is 23.7 Å². The summed E-state index contributed by atoms with van der Waals surface area (Å²) in [5.41, 5.74) is 1.52. The second kappa shape index (κ2) is 10.3. The van der Waals surface area contributed by atoms with Crippen LogP contribution in [0.1, 0.15) is 63.9 Å². The third kappa shape index (κ3) is 5.51. The Labute approximate surface area is 172 Å². The van der Waals surface area contributed by atoms with E-state index in [-0.39, 0.29) is 17.2 Å². The lowest BCUT2D eigenvalue weighted by atomic mass is 9.69. The molecule has 28 heavy (non-hydrogen) atoms. The van der Waals surface area contributed by atoms with E-state index in [1.165, 1.54) is 50.7 Å². The lowest BCUT2D eigenvalue weighted by Crippen LogP contribution is -2.25. The van der Waals surface area contributed by atoms with Crippen molar-refractivity contribution in [1.82, 2.24) is 0 Å². The average Bonchev–Trinajstić information content (AvgIpc) is 2.69. The molecular formula is C24H29ClF2O. The van der Waals surface area contributed by atoms with E-state index in [9.17, 15) is 8.78 Å². The summed E-state index contributed by atoms with van der Waals surface area (Å²) in [5, 5.41) is 0. The van der Waals surface area contributed by atoms with Gasteiger partial charge in [0.2, 0.25) is 0 Å². The highest BCUT2D eigenvalue weighted by Crippen LogP contribution is 2.41. The number of halogens is 3. The van der Waals surface area contributed by atoms with Gasteiger partial charge in [0.05, 0.1) is 12.2 Å². The fourth-order valence-corrected chi connectivity index (χ4v) is 4.95. The minimum absolute atomic E-state index is 0.142. The van der Waals surface area contributed by atoms with Gasteiger partial charge < -0.3 is 4.74 Å². The highest BCUT2D eigenvalue weighted by atomic mass is 35.5. The summed E-state index contributed by atoms with van der Waals surface area (Å²) in [4.78, 5) is 0. The zero-order valence-electron chi connectivity index (χ0n) is 16.5. The van der Waals surface area contributed by atoms with E-state index in [1.54, 1.807) is 12.5 Å². The molecule has 4 heteroatoms. The molecule has 0 bridgehead atoms. The predicted molar refractivity (Wildman–Crippen MR) is 110 cm³/mol. The van der Waals surface area contributed by atoms with E-state index in [4.69, 9.17) is 16.3 Å². The van der Waals surface area contributed by atoms with E-state index >= 15 is 0 Å². The molecule has 2 aliphatic rings. The first-order valence-electron chi connectivity index (χ1n) is 10.5. The molecule has 1 aromatic rings. The standard InChI is InChI=1S/C24H29ClF2O/c1-2-28-21-15-23(26)22(24(27)16-21)12-7-17-3-8-19(9-4-17)20-10-5-18(6-11-20)13-14-25/h13-20H,2-6,8-11H2,1H3/b14-13+. The van der Waals surface area contributed by atoms with Crippen LogP contribution < -0.4 is 4.74 Å². The summed E-state index contributed by atoms with van der Waals surface area (Å²) < 4.78 is 33.5. The summed E-state index contributed by atoms with van der Waals surface area (Å²) in [6.07, 6.45) is 11.6. The zero-order valence-corrected chi connectivity index (χ0v) is 17.3. The molecule has 1 nitrogen and oxygen atoms in total. The first-order valence-corrected chi connectivity index (χ1v) is 10.9. The normalized spacial score (nSPS) is 28.0. The van der Waals surface area contributed by atoms with Gasteiger partial charge in [-0.05, 0) is 76.0 Å². The van der Waals surface area contributed by atoms with Crippen molar-refractivity contribution in [2.24, 2.45) is 23.7 Å². The summed E-state index contributed by atoms with van der Waals surface area (Å²) in [5.74, 6) is 7.27. The van der Waals surface area contributed by atoms with Crippen molar-refractivity contribution in [3.05, 3.63) is 40.9 Å². The van der Waals surface area contributed by atoms with Gasteiger partial charge in [-0.15, -0.1) is 0 Å². The first-order chi connectivity index (χ1) is 13.6. The van der Waals surface area contributed by atoms with Gasteiger partial charge in [-0.25, -0.2) is 8.78 Å². The van der Waals surface area contributed by atoms with Crippen LogP contribution in [0.4, 0.5) is 8.78 Å². The lowest BCUT2D eigenvalue weighted by Gasteiger charge is -2.36. The third-order valence-corrected chi connectivity index (χ3v) is 6.47. The molecule has 1 aromatic carbocycles. The van der Waals surface area contributed by atoms with Crippen molar-refractivity contribution in [2.45, 2.75) is 58.3 Å². The Morgan fingerprint density at radius 3 is 2.11 bits per heavy atom. The van der Waals surface area contributed by atoms with Gasteiger partial charge in [-0.3, -0.25) is 0 Å². The molecule has 2 saturated carbocycles. The molecule has 152 valence electrons. The molecular weight excluding hydrogens is 378 g/mol. The second-order valence-corrected chi connectivity index (χ2v) is 8.32. The van der Waals surface area contributed by atoms with Crippen LogP contribution in [0.3, 0.4) is 0 Å². The largest absolute Gasteiger partial charge is 0.494 e. The van der Waals surface area contributed by atoms with Crippen LogP contribution in [0.2, 0.25) is 0 Å². The van der Waals surface area contributed by atoms with E-state index in [0.717, 1.165) is 24.7 Å². The summed E-state index contributed by atoms with van der Waals surface area (Å²) in [6, 6.07) is 2.42. The fourth-order valence-electron chi connectivity index (χ4n) is 4.74. The predicted octanol–water partition coefficient (Wildman–Crippen LogP) is 7.08. The fraction of sp³-hybridized carbons (Fsp3) is 0.583. The molecule has 0 amide bonds.